The maximum atomic E-state index is 14.7. The van der Waals surface area contributed by atoms with E-state index in [0.717, 1.165) is 6.20 Å². The first-order chi connectivity index (χ1) is 17.2. The fourth-order valence-corrected chi connectivity index (χ4v) is 4.75. The number of rotatable bonds is 5. The molecule has 0 saturated heterocycles. The van der Waals surface area contributed by atoms with Gasteiger partial charge >= 0.3 is 6.09 Å². The number of carbonyl (C=O) groups is 1. The smallest absolute Gasteiger partial charge is 0.404 e. The van der Waals surface area contributed by atoms with Crippen molar-refractivity contribution in [2.75, 3.05) is 30.8 Å². The molecule has 4 rings (SSSR count). The Hall–Kier alpha value is -4.00. The number of carboxylic acid groups (broad SMARTS) is 1. The molecule has 0 fully saturated rings. The lowest BCUT2D eigenvalue weighted by molar-refractivity contribution is 0.195. The number of hydrogen-bond donors (Lipinski definition) is 3. The molecule has 0 radical (unpaired) electrons. The number of anilines is 2. The normalized spacial score (nSPS) is 13.3. The molecule has 0 aliphatic carbocycles. The van der Waals surface area contributed by atoms with Gasteiger partial charge in [-0.25, -0.2) is 27.0 Å². The molecule has 1 aliphatic heterocycles. The number of halogens is 2. The van der Waals surface area contributed by atoms with Crippen molar-refractivity contribution in [3.8, 4) is 22.8 Å². The molecule has 0 saturated carbocycles. The zero-order chi connectivity index (χ0) is 25.7. The number of sulfone groups is 1. The topological polar surface area (TPSA) is 140 Å². The number of benzene rings is 1. The number of ether oxygens (including phenoxy) is 2. The van der Waals surface area contributed by atoms with Crippen LogP contribution in [0.2, 0.25) is 0 Å². The highest BCUT2D eigenvalue weighted by Gasteiger charge is 2.18. The molecule has 13 heteroatoms. The predicted molar refractivity (Wildman–Crippen MR) is 126 cm³/mol. The summed E-state index contributed by atoms with van der Waals surface area (Å²) in [7, 11) is -3.66. The second-order valence-corrected chi connectivity index (χ2v) is 10.1. The summed E-state index contributed by atoms with van der Waals surface area (Å²) in [6, 6.07) is 8.15. The summed E-state index contributed by atoms with van der Waals surface area (Å²) in [5.74, 6) is -1.23. The van der Waals surface area contributed by atoms with Crippen molar-refractivity contribution in [2.45, 2.75) is 12.2 Å². The van der Waals surface area contributed by atoms with Gasteiger partial charge in [-0.05, 0) is 29.8 Å². The van der Waals surface area contributed by atoms with Gasteiger partial charge in [0.2, 0.25) is 5.88 Å². The van der Waals surface area contributed by atoms with Crippen LogP contribution in [0.25, 0.3) is 11.1 Å². The van der Waals surface area contributed by atoms with Crippen molar-refractivity contribution < 1.29 is 36.6 Å². The van der Waals surface area contributed by atoms with Crippen LogP contribution < -0.4 is 20.1 Å². The van der Waals surface area contributed by atoms with E-state index in [1.54, 1.807) is 0 Å². The molecule has 0 unspecified atom stereocenters. The van der Waals surface area contributed by atoms with E-state index in [9.17, 15) is 22.0 Å². The Morgan fingerprint density at radius 2 is 1.89 bits per heavy atom. The van der Waals surface area contributed by atoms with Crippen LogP contribution in [0.1, 0.15) is 12.0 Å². The zero-order valence-electron chi connectivity index (χ0n) is 18.8. The summed E-state index contributed by atoms with van der Waals surface area (Å²) in [5, 5.41) is 13.6. The van der Waals surface area contributed by atoms with Crippen molar-refractivity contribution >= 4 is 27.6 Å². The minimum Gasteiger partial charge on any atom is -0.493 e. The second kappa shape index (κ2) is 10.7. The second-order valence-electron chi connectivity index (χ2n) is 7.89. The molecule has 36 heavy (non-hydrogen) atoms. The van der Waals surface area contributed by atoms with E-state index in [0.29, 0.717) is 17.5 Å². The zero-order valence-corrected chi connectivity index (χ0v) is 19.6. The highest BCUT2D eigenvalue weighted by molar-refractivity contribution is 7.90. The summed E-state index contributed by atoms with van der Waals surface area (Å²) < 4.78 is 64.9. The van der Waals surface area contributed by atoms with Gasteiger partial charge in [0.05, 0.1) is 30.9 Å². The molecule has 3 aromatic rings. The van der Waals surface area contributed by atoms with Crippen LogP contribution in [0.15, 0.2) is 42.6 Å². The third-order valence-electron chi connectivity index (χ3n) is 5.08. The Kier molecular flexibility index (Phi) is 7.48. The van der Waals surface area contributed by atoms with E-state index in [1.165, 1.54) is 36.4 Å². The van der Waals surface area contributed by atoms with Crippen molar-refractivity contribution in [2.24, 2.45) is 0 Å². The highest BCUT2D eigenvalue weighted by atomic mass is 32.2. The van der Waals surface area contributed by atoms with Gasteiger partial charge in [0.15, 0.2) is 9.84 Å². The Bertz CT molecular complexity index is 1390. The van der Waals surface area contributed by atoms with Gasteiger partial charge < -0.3 is 25.2 Å². The predicted octanol–water partition coefficient (Wildman–Crippen LogP) is 3.51. The minimum absolute atomic E-state index is 0.126. The number of amides is 1. The minimum atomic E-state index is -3.66. The van der Waals surface area contributed by atoms with E-state index in [1.807, 2.05) is 5.32 Å². The average Bonchev–Trinajstić information content (AvgIpc) is 2.79. The van der Waals surface area contributed by atoms with Crippen LogP contribution in [0.5, 0.6) is 11.6 Å². The Morgan fingerprint density at radius 1 is 1.08 bits per heavy atom. The van der Waals surface area contributed by atoms with Gasteiger partial charge in [-0.3, -0.25) is 0 Å². The number of pyridine rings is 2. The Labute approximate surface area is 205 Å². The van der Waals surface area contributed by atoms with Gasteiger partial charge in [-0.1, -0.05) is 0 Å². The van der Waals surface area contributed by atoms with Crippen LogP contribution in [0.3, 0.4) is 0 Å². The molecule has 190 valence electrons. The number of fused-ring (bicyclic) bond motifs is 6. The van der Waals surface area contributed by atoms with Crippen molar-refractivity contribution in [1.29, 1.82) is 0 Å². The first-order valence-corrected chi connectivity index (χ1v) is 12.7. The van der Waals surface area contributed by atoms with Crippen LogP contribution in [-0.2, 0) is 15.6 Å². The number of nitrogens with one attached hydrogen (secondary N) is 2. The number of hydrogen-bond acceptors (Lipinski definition) is 8. The molecule has 2 aromatic heterocycles. The lowest BCUT2D eigenvalue weighted by atomic mass is 10.0. The van der Waals surface area contributed by atoms with E-state index in [-0.39, 0.29) is 60.1 Å². The lowest BCUT2D eigenvalue weighted by Gasteiger charge is -2.16. The summed E-state index contributed by atoms with van der Waals surface area (Å²) in [6.45, 7) is 0.0599. The molecule has 3 heterocycles. The van der Waals surface area contributed by atoms with Crippen molar-refractivity contribution in [1.82, 2.24) is 15.3 Å². The lowest BCUT2D eigenvalue weighted by Crippen LogP contribution is -2.28. The average molecular weight is 521 g/mol. The number of aromatic nitrogens is 2. The highest BCUT2D eigenvalue weighted by Crippen LogP contribution is 2.34. The quantitative estimate of drug-likeness (QED) is 0.461. The van der Waals surface area contributed by atoms with Crippen molar-refractivity contribution in [3.05, 3.63) is 59.8 Å². The fraction of sp³-hybridized carbons (Fsp3) is 0.261. The van der Waals surface area contributed by atoms with Gasteiger partial charge in [0.25, 0.3) is 0 Å². The van der Waals surface area contributed by atoms with Gasteiger partial charge in [0.1, 0.15) is 29.0 Å². The molecule has 4 bridgehead atoms. The third-order valence-corrected chi connectivity index (χ3v) is 6.68. The SMILES string of the molecule is O=C(O)NCCS(=O)(=O)Cc1cc2nc(c1)OCCCOc1cc(F)ccc1-c1cc(ncc1F)N2. The summed E-state index contributed by atoms with van der Waals surface area (Å²) in [6.07, 6.45) is 0.0680. The monoisotopic (exact) mass is 520 g/mol. The summed E-state index contributed by atoms with van der Waals surface area (Å²) in [5.41, 5.74) is 0.811. The van der Waals surface area contributed by atoms with E-state index < -0.39 is 27.6 Å². The molecule has 0 atom stereocenters. The molecule has 1 aromatic carbocycles. The maximum Gasteiger partial charge on any atom is 0.404 e. The summed E-state index contributed by atoms with van der Waals surface area (Å²) in [4.78, 5) is 18.9. The van der Waals surface area contributed by atoms with E-state index in [4.69, 9.17) is 14.6 Å². The van der Waals surface area contributed by atoms with E-state index >= 15 is 0 Å². The molecular weight excluding hydrogens is 498 g/mol. The molecular formula is C23H22F2N4O6S. The maximum absolute atomic E-state index is 14.7. The van der Waals surface area contributed by atoms with Crippen LogP contribution in [0, 0.1) is 11.6 Å². The third kappa shape index (κ3) is 6.56. The van der Waals surface area contributed by atoms with Crippen LogP contribution in [-0.4, -0.2) is 55.1 Å². The Balaban J connectivity index is 1.67. The standard InChI is InChI=1S/C23H22F2N4O6S/c24-15-2-3-16-17-11-20(27-12-18(17)25)28-21-8-14(13-36(32,33)7-4-26-23(30)31)9-22(29-21)35-6-1-5-34-19(16)10-15/h2-3,8-12,26H,1,4-7,13H2,(H,30,31)(H,27,28,29). The van der Waals surface area contributed by atoms with Crippen LogP contribution in [0.4, 0.5) is 25.2 Å². The first-order valence-electron chi connectivity index (χ1n) is 10.8. The molecule has 3 N–H and O–H groups in total. The van der Waals surface area contributed by atoms with E-state index in [2.05, 4.69) is 15.3 Å². The Morgan fingerprint density at radius 3 is 2.69 bits per heavy atom. The molecule has 0 spiro atoms. The van der Waals surface area contributed by atoms with Crippen LogP contribution >= 0.6 is 0 Å². The first kappa shape index (κ1) is 25.1. The van der Waals surface area contributed by atoms with Gasteiger partial charge in [-0.2, -0.15) is 4.98 Å². The number of nitrogens with zero attached hydrogens (tertiary/aromatic N) is 2. The van der Waals surface area contributed by atoms with Gasteiger partial charge in [0, 0.05) is 36.2 Å². The molecule has 1 aliphatic rings. The van der Waals surface area contributed by atoms with Crippen molar-refractivity contribution in [3.63, 3.8) is 0 Å². The largest absolute Gasteiger partial charge is 0.493 e. The van der Waals surface area contributed by atoms with Gasteiger partial charge in [-0.15, -0.1) is 0 Å². The summed E-state index contributed by atoms with van der Waals surface area (Å²) >= 11 is 0. The molecule has 10 nitrogen and oxygen atoms in total. The fourth-order valence-electron chi connectivity index (χ4n) is 3.52. The molecule has 1 amide bonds.